The number of pyridine rings is 2. The highest BCUT2D eigenvalue weighted by Crippen LogP contribution is 2.36. The molecule has 4 aromatic rings. The molecule has 0 aliphatic heterocycles. The van der Waals surface area contributed by atoms with E-state index in [1.807, 2.05) is 5.32 Å². The van der Waals surface area contributed by atoms with Gasteiger partial charge in [-0.1, -0.05) is 6.07 Å². The van der Waals surface area contributed by atoms with Crippen LogP contribution in [-0.2, 0) is 12.4 Å². The van der Waals surface area contributed by atoms with Gasteiger partial charge in [0.2, 0.25) is 5.88 Å². The van der Waals surface area contributed by atoms with Crippen molar-refractivity contribution in [3.63, 3.8) is 0 Å². The van der Waals surface area contributed by atoms with E-state index in [1.165, 1.54) is 31.5 Å². The molecule has 0 saturated heterocycles. The maximum absolute atomic E-state index is 14.1. The highest BCUT2D eigenvalue weighted by Gasteiger charge is 2.41. The maximum atomic E-state index is 14.1. The van der Waals surface area contributed by atoms with Crippen molar-refractivity contribution in [3.05, 3.63) is 71.9 Å². The van der Waals surface area contributed by atoms with E-state index in [4.69, 9.17) is 4.74 Å². The van der Waals surface area contributed by atoms with Gasteiger partial charge in [-0.15, -0.1) is 0 Å². The minimum Gasteiger partial charge on any atom is -0.481 e. The predicted molar refractivity (Wildman–Crippen MR) is 108 cm³/mol. The Morgan fingerprint density at radius 2 is 1.71 bits per heavy atom. The molecule has 0 bridgehead atoms. The molecule has 7 nitrogen and oxygen atoms in total. The summed E-state index contributed by atoms with van der Waals surface area (Å²) in [6.07, 6.45) is -7.01. The fraction of sp³-hybridized carbons (Fsp3) is 0.143. The number of nitrogens with one attached hydrogen (secondary N) is 1. The first-order valence-corrected chi connectivity index (χ1v) is 9.42. The van der Waals surface area contributed by atoms with Crippen molar-refractivity contribution in [1.82, 2.24) is 19.7 Å². The van der Waals surface area contributed by atoms with Gasteiger partial charge in [0.1, 0.15) is 5.69 Å². The summed E-state index contributed by atoms with van der Waals surface area (Å²) in [5, 5.41) is 6.53. The molecule has 0 spiro atoms. The third kappa shape index (κ3) is 4.23. The first kappa shape index (κ1) is 23.0. The molecule has 0 saturated carbocycles. The summed E-state index contributed by atoms with van der Waals surface area (Å²) in [7, 11) is 1.36. The minimum absolute atomic E-state index is 0.00663. The molecule has 13 heteroatoms. The van der Waals surface area contributed by atoms with Crippen LogP contribution in [0.1, 0.15) is 21.7 Å². The Hall–Kier alpha value is -4.16. The Bertz CT molecular complexity index is 1380. The van der Waals surface area contributed by atoms with E-state index in [0.717, 1.165) is 12.3 Å². The van der Waals surface area contributed by atoms with Gasteiger partial charge in [0.05, 0.1) is 24.6 Å². The highest BCUT2D eigenvalue weighted by molar-refractivity contribution is 6.05. The second-order valence-electron chi connectivity index (χ2n) is 6.89. The van der Waals surface area contributed by atoms with Gasteiger partial charge < -0.3 is 10.1 Å². The maximum Gasteiger partial charge on any atom is 0.434 e. The summed E-state index contributed by atoms with van der Waals surface area (Å²) < 4.78 is 86.5. The molecule has 0 atom stereocenters. The predicted octanol–water partition coefficient (Wildman–Crippen LogP) is 5.11. The van der Waals surface area contributed by atoms with Crippen molar-refractivity contribution in [2.24, 2.45) is 0 Å². The lowest BCUT2D eigenvalue weighted by atomic mass is 10.1. The van der Waals surface area contributed by atoms with Crippen molar-refractivity contribution in [3.8, 4) is 11.6 Å². The van der Waals surface area contributed by atoms with Gasteiger partial charge in [0, 0.05) is 28.9 Å². The van der Waals surface area contributed by atoms with Gasteiger partial charge in [0.25, 0.3) is 5.91 Å². The summed E-state index contributed by atoms with van der Waals surface area (Å²) in [6, 6.07) is 7.43. The molecule has 0 fully saturated rings. The largest absolute Gasteiger partial charge is 0.481 e. The molecule has 3 aromatic heterocycles. The zero-order valence-corrected chi connectivity index (χ0v) is 17.1. The lowest BCUT2D eigenvalue weighted by Crippen LogP contribution is -2.21. The molecule has 1 N–H and O–H groups in total. The van der Waals surface area contributed by atoms with E-state index in [9.17, 15) is 31.1 Å². The number of rotatable bonds is 4. The number of benzene rings is 1. The number of hydrogen-bond acceptors (Lipinski definition) is 5. The van der Waals surface area contributed by atoms with Crippen LogP contribution in [0.4, 0.5) is 32.0 Å². The number of carbonyl (C=O) groups excluding carboxylic acids is 1. The summed E-state index contributed by atoms with van der Waals surface area (Å²) >= 11 is 0. The van der Waals surface area contributed by atoms with Crippen LogP contribution in [0.5, 0.6) is 5.88 Å². The Morgan fingerprint density at radius 1 is 0.971 bits per heavy atom. The van der Waals surface area contributed by atoms with Crippen LogP contribution in [-0.4, -0.2) is 32.8 Å². The van der Waals surface area contributed by atoms with Crippen molar-refractivity contribution in [1.29, 1.82) is 0 Å². The Labute approximate surface area is 187 Å². The number of nitrogens with zero attached hydrogens (tertiary/aromatic N) is 4. The number of hydrogen-bond donors (Lipinski definition) is 1. The van der Waals surface area contributed by atoms with Crippen molar-refractivity contribution >= 4 is 22.4 Å². The standard InChI is InChI=1S/C21H13F6N5O2/c1-34-19-13-3-2-4-15(12(13)6-8-29-19)32-17(21(25,26)27)14(10-30-32)18(33)31-11-5-7-28-16(9-11)20(22,23)24/h2-10H,1H3,(H,28,31,33). The van der Waals surface area contributed by atoms with Crippen LogP contribution < -0.4 is 10.1 Å². The smallest absolute Gasteiger partial charge is 0.434 e. The molecule has 0 aliphatic rings. The van der Waals surface area contributed by atoms with Crippen LogP contribution >= 0.6 is 0 Å². The van der Waals surface area contributed by atoms with Crippen LogP contribution in [0, 0.1) is 0 Å². The Morgan fingerprint density at radius 3 is 2.38 bits per heavy atom. The number of alkyl halides is 6. The van der Waals surface area contributed by atoms with Crippen LogP contribution in [0.2, 0.25) is 0 Å². The zero-order chi connectivity index (χ0) is 24.7. The molecule has 1 aromatic carbocycles. The number of halogens is 6. The lowest BCUT2D eigenvalue weighted by Gasteiger charge is -2.15. The monoisotopic (exact) mass is 481 g/mol. The molecule has 4 rings (SSSR count). The second kappa shape index (κ2) is 8.32. The number of methoxy groups -OCH3 is 1. The lowest BCUT2D eigenvalue weighted by molar-refractivity contribution is -0.143. The molecular formula is C21H13F6N5O2. The molecule has 1 amide bonds. The number of amides is 1. The van der Waals surface area contributed by atoms with E-state index < -0.39 is 35.2 Å². The normalized spacial score (nSPS) is 12.1. The SMILES string of the molecule is COc1nccc2c(-n3ncc(C(=O)Nc4ccnc(C(F)(F)F)c4)c3C(F)(F)F)cccc12. The number of carbonyl (C=O) groups is 1. The number of aromatic nitrogens is 4. The summed E-state index contributed by atoms with van der Waals surface area (Å²) in [5.74, 6) is -1.12. The van der Waals surface area contributed by atoms with Gasteiger partial charge in [-0.25, -0.2) is 9.67 Å². The molecule has 0 radical (unpaired) electrons. The van der Waals surface area contributed by atoms with Crippen molar-refractivity contribution in [2.75, 3.05) is 12.4 Å². The topological polar surface area (TPSA) is 81.9 Å². The van der Waals surface area contributed by atoms with Gasteiger partial charge in [-0.3, -0.25) is 9.78 Å². The average Bonchev–Trinajstić information content (AvgIpc) is 3.24. The van der Waals surface area contributed by atoms with E-state index in [-0.39, 0.29) is 17.3 Å². The Balaban J connectivity index is 1.80. The summed E-state index contributed by atoms with van der Waals surface area (Å²) in [4.78, 5) is 19.8. The molecule has 34 heavy (non-hydrogen) atoms. The van der Waals surface area contributed by atoms with E-state index in [0.29, 0.717) is 27.7 Å². The second-order valence-corrected chi connectivity index (χ2v) is 6.89. The molecule has 3 heterocycles. The van der Waals surface area contributed by atoms with Crippen LogP contribution in [0.25, 0.3) is 16.5 Å². The third-order valence-corrected chi connectivity index (χ3v) is 4.76. The first-order valence-electron chi connectivity index (χ1n) is 9.42. The highest BCUT2D eigenvalue weighted by atomic mass is 19.4. The van der Waals surface area contributed by atoms with Crippen molar-refractivity contribution in [2.45, 2.75) is 12.4 Å². The van der Waals surface area contributed by atoms with Crippen LogP contribution in [0.15, 0.2) is 55.0 Å². The van der Waals surface area contributed by atoms with Gasteiger partial charge in [-0.2, -0.15) is 31.4 Å². The van der Waals surface area contributed by atoms with E-state index in [1.54, 1.807) is 6.07 Å². The fourth-order valence-corrected chi connectivity index (χ4v) is 3.34. The number of anilines is 1. The zero-order valence-electron chi connectivity index (χ0n) is 17.1. The third-order valence-electron chi connectivity index (χ3n) is 4.76. The van der Waals surface area contributed by atoms with Crippen LogP contribution in [0.3, 0.4) is 0 Å². The van der Waals surface area contributed by atoms with E-state index in [2.05, 4.69) is 15.1 Å². The number of fused-ring (bicyclic) bond motifs is 1. The van der Waals surface area contributed by atoms with Crippen molar-refractivity contribution < 1.29 is 35.9 Å². The van der Waals surface area contributed by atoms with Gasteiger partial charge in [0.15, 0.2) is 5.69 Å². The molecule has 0 aliphatic carbocycles. The van der Waals surface area contributed by atoms with E-state index >= 15 is 0 Å². The first-order chi connectivity index (χ1) is 16.0. The Kier molecular flexibility index (Phi) is 5.63. The summed E-state index contributed by atoms with van der Waals surface area (Å²) in [6.45, 7) is 0. The van der Waals surface area contributed by atoms with Gasteiger partial charge >= 0.3 is 12.4 Å². The average molecular weight is 481 g/mol. The quantitative estimate of drug-likeness (QED) is 0.410. The number of ether oxygens (including phenoxy) is 1. The molecule has 176 valence electrons. The molecular weight excluding hydrogens is 468 g/mol. The summed E-state index contributed by atoms with van der Waals surface area (Å²) in [5.41, 5.74) is -3.98. The minimum atomic E-state index is -5.03. The van der Waals surface area contributed by atoms with Gasteiger partial charge in [-0.05, 0) is 30.3 Å². The molecule has 0 unspecified atom stereocenters. The fourth-order valence-electron chi connectivity index (χ4n) is 3.34.